The molecule has 29 heavy (non-hydrogen) atoms. The quantitative estimate of drug-likeness (QED) is 0.676. The fraction of sp³-hybridized carbons (Fsp3) is 0.636. The van der Waals surface area contributed by atoms with E-state index in [1.54, 1.807) is 0 Å². The first kappa shape index (κ1) is 19.2. The van der Waals surface area contributed by atoms with Crippen molar-refractivity contribution in [2.45, 2.75) is 70.1 Å². The van der Waals surface area contributed by atoms with E-state index in [1.165, 1.54) is 7.11 Å². The number of rotatable bonds is 6. The smallest absolute Gasteiger partial charge is 0.311 e. The van der Waals surface area contributed by atoms with Gasteiger partial charge in [-0.05, 0) is 38.7 Å². The monoisotopic (exact) mass is 402 g/mol. The van der Waals surface area contributed by atoms with Crippen LogP contribution in [-0.4, -0.2) is 49.3 Å². The molecule has 0 spiro atoms. The van der Waals surface area contributed by atoms with Gasteiger partial charge in [-0.15, -0.1) is 0 Å². The van der Waals surface area contributed by atoms with Crippen molar-refractivity contribution in [2.24, 2.45) is 10.8 Å². The zero-order valence-electron chi connectivity index (χ0n) is 16.9. The second-order valence-corrected chi connectivity index (χ2v) is 9.23. The Labute approximate surface area is 169 Å². The number of methoxy groups -OCH3 is 1. The topological polar surface area (TPSA) is 80.3 Å². The van der Waals surface area contributed by atoms with Gasteiger partial charge in [0.2, 0.25) is 0 Å². The number of esters is 1. The van der Waals surface area contributed by atoms with Crippen LogP contribution >= 0.6 is 0 Å². The summed E-state index contributed by atoms with van der Waals surface area (Å²) in [6.07, 6.45) is -0.845. The first-order chi connectivity index (χ1) is 13.8. The van der Waals surface area contributed by atoms with Crippen molar-refractivity contribution in [2.75, 3.05) is 7.11 Å². The molecule has 3 aliphatic carbocycles. The number of fused-ring (bicyclic) bond motifs is 1. The Bertz CT molecular complexity index is 813. The van der Waals surface area contributed by atoms with Gasteiger partial charge in [0.15, 0.2) is 17.9 Å². The summed E-state index contributed by atoms with van der Waals surface area (Å²) in [4.78, 5) is 25.4. The summed E-state index contributed by atoms with van der Waals surface area (Å²) in [6, 6.07) is 9.78. The molecule has 2 saturated heterocycles. The summed E-state index contributed by atoms with van der Waals surface area (Å²) in [6.45, 7) is 3.99. The molecule has 0 N–H and O–H groups in total. The third kappa shape index (κ3) is 2.86. The lowest BCUT2D eigenvalue weighted by molar-refractivity contribution is -0.242. The van der Waals surface area contributed by atoms with Gasteiger partial charge in [-0.2, -0.15) is 0 Å². The average molecular weight is 402 g/mol. The molecule has 3 saturated carbocycles. The van der Waals surface area contributed by atoms with E-state index in [-0.39, 0.29) is 11.8 Å². The molecule has 4 atom stereocenters. The standard InChI is InChI=1S/C22H26O7/c1-20(2)28-16-14(26-9-13-7-5-4-6-8-13)15(27-18(16)29-20)17(23)21-10-22(11-21,12-21)19(24)25-3/h4-8,14-16,18H,9-12H2,1-3H3/t14?,15-,16?,18?,21?,22?/m0/s1. The van der Waals surface area contributed by atoms with Crippen LogP contribution < -0.4 is 0 Å². The summed E-state index contributed by atoms with van der Waals surface area (Å²) in [5.74, 6) is -1.02. The maximum Gasteiger partial charge on any atom is 0.311 e. The molecule has 1 aromatic carbocycles. The highest BCUT2D eigenvalue weighted by Gasteiger charge is 2.77. The van der Waals surface area contributed by atoms with Gasteiger partial charge in [0.05, 0.1) is 19.1 Å². The number of hydrogen-bond acceptors (Lipinski definition) is 7. The van der Waals surface area contributed by atoms with Crippen LogP contribution in [0.5, 0.6) is 0 Å². The van der Waals surface area contributed by atoms with Crippen molar-refractivity contribution in [3.8, 4) is 0 Å². The molecule has 7 nitrogen and oxygen atoms in total. The second kappa shape index (κ2) is 6.35. The van der Waals surface area contributed by atoms with Crippen molar-refractivity contribution in [1.29, 1.82) is 0 Å². The molecule has 0 amide bonds. The minimum atomic E-state index is -0.789. The lowest BCUT2D eigenvalue weighted by Gasteiger charge is -2.67. The molecule has 1 aromatic rings. The Balaban J connectivity index is 1.32. The highest BCUT2D eigenvalue weighted by molar-refractivity contribution is 5.97. The van der Waals surface area contributed by atoms with E-state index in [0.717, 1.165) is 5.56 Å². The second-order valence-electron chi connectivity index (χ2n) is 9.23. The summed E-state index contributed by atoms with van der Waals surface area (Å²) >= 11 is 0. The number of ether oxygens (including phenoxy) is 5. The first-order valence-corrected chi connectivity index (χ1v) is 10.1. The van der Waals surface area contributed by atoms with Gasteiger partial charge in [0.1, 0.15) is 18.3 Å². The Hall–Kier alpha value is -1.80. The average Bonchev–Trinajstić information content (AvgIpc) is 3.10. The van der Waals surface area contributed by atoms with Crippen LogP contribution in [0.2, 0.25) is 0 Å². The molecule has 3 unspecified atom stereocenters. The normalized spacial score (nSPS) is 41.2. The lowest BCUT2D eigenvalue weighted by Crippen LogP contribution is -2.71. The van der Waals surface area contributed by atoms with Crippen LogP contribution in [0, 0.1) is 10.8 Å². The van der Waals surface area contributed by atoms with Crippen molar-refractivity contribution >= 4 is 11.8 Å². The third-order valence-corrected chi connectivity index (χ3v) is 6.71. The van der Waals surface area contributed by atoms with Gasteiger partial charge < -0.3 is 23.7 Å². The van der Waals surface area contributed by atoms with Crippen molar-refractivity contribution < 1.29 is 33.3 Å². The van der Waals surface area contributed by atoms with Crippen LogP contribution in [-0.2, 0) is 39.9 Å². The Morgan fingerprint density at radius 2 is 1.76 bits per heavy atom. The van der Waals surface area contributed by atoms with Crippen molar-refractivity contribution in [1.82, 2.24) is 0 Å². The molecule has 0 aromatic heterocycles. The van der Waals surface area contributed by atoms with Crippen LogP contribution in [0.4, 0.5) is 0 Å². The molecule has 6 rings (SSSR count). The van der Waals surface area contributed by atoms with Gasteiger partial charge >= 0.3 is 5.97 Å². The zero-order chi connectivity index (χ0) is 20.4. The Morgan fingerprint density at radius 1 is 1.07 bits per heavy atom. The molecule has 7 heteroatoms. The predicted octanol–water partition coefficient (Wildman–Crippen LogP) is 2.36. The third-order valence-electron chi connectivity index (χ3n) is 6.71. The van der Waals surface area contributed by atoms with Gasteiger partial charge in [-0.3, -0.25) is 9.59 Å². The molecular weight excluding hydrogens is 376 g/mol. The first-order valence-electron chi connectivity index (χ1n) is 10.1. The number of ketones is 1. The van der Waals surface area contributed by atoms with E-state index in [1.807, 2.05) is 44.2 Å². The molecular formula is C22H26O7. The van der Waals surface area contributed by atoms with E-state index in [2.05, 4.69) is 0 Å². The molecule has 0 radical (unpaired) electrons. The van der Waals surface area contributed by atoms with Crippen LogP contribution in [0.3, 0.4) is 0 Å². The molecule has 5 fully saturated rings. The number of hydrogen-bond donors (Lipinski definition) is 0. The Morgan fingerprint density at radius 3 is 2.41 bits per heavy atom. The van der Waals surface area contributed by atoms with E-state index < -0.39 is 41.2 Å². The number of Topliss-reactive ketones (excluding diaryl/α,β-unsaturated/α-hetero) is 1. The van der Waals surface area contributed by atoms with Crippen LogP contribution in [0.15, 0.2) is 30.3 Å². The van der Waals surface area contributed by atoms with E-state index >= 15 is 0 Å². The van der Waals surface area contributed by atoms with Gasteiger partial charge in [-0.1, -0.05) is 30.3 Å². The maximum atomic E-state index is 13.4. The van der Waals surface area contributed by atoms with Crippen molar-refractivity contribution in [3.05, 3.63) is 35.9 Å². The Kier molecular flexibility index (Phi) is 4.20. The fourth-order valence-electron chi connectivity index (χ4n) is 5.42. The fourth-order valence-corrected chi connectivity index (χ4v) is 5.42. The molecule has 5 aliphatic rings. The lowest BCUT2D eigenvalue weighted by atomic mass is 9.33. The van der Waals surface area contributed by atoms with E-state index in [0.29, 0.717) is 25.9 Å². The summed E-state index contributed by atoms with van der Waals surface area (Å²) in [5.41, 5.74) is 0.0193. The minimum Gasteiger partial charge on any atom is -0.469 e. The van der Waals surface area contributed by atoms with Gasteiger partial charge in [0, 0.05) is 5.41 Å². The highest BCUT2D eigenvalue weighted by Crippen LogP contribution is 2.74. The number of benzene rings is 1. The van der Waals surface area contributed by atoms with Crippen LogP contribution in [0.1, 0.15) is 38.7 Å². The zero-order valence-corrected chi connectivity index (χ0v) is 16.9. The van der Waals surface area contributed by atoms with Gasteiger partial charge in [0.25, 0.3) is 0 Å². The molecule has 2 aliphatic heterocycles. The molecule has 2 heterocycles. The molecule has 2 bridgehead atoms. The minimum absolute atomic E-state index is 0.0132. The van der Waals surface area contributed by atoms with Crippen molar-refractivity contribution in [3.63, 3.8) is 0 Å². The highest BCUT2D eigenvalue weighted by atomic mass is 16.8. The summed E-state index contributed by atoms with van der Waals surface area (Å²) < 4.78 is 28.9. The largest absolute Gasteiger partial charge is 0.469 e. The van der Waals surface area contributed by atoms with E-state index in [9.17, 15) is 9.59 Å². The maximum absolute atomic E-state index is 13.4. The summed E-state index contributed by atoms with van der Waals surface area (Å²) in [7, 11) is 1.39. The summed E-state index contributed by atoms with van der Waals surface area (Å²) in [5, 5.41) is 0. The number of carbonyl (C=O) groups excluding carboxylic acids is 2. The van der Waals surface area contributed by atoms with Crippen LogP contribution in [0.25, 0.3) is 0 Å². The SMILES string of the molecule is COC(=O)C12CC(C(=O)[C@H]3OC4OC(C)(C)OC4C3OCc3ccccc3)(C1)C2. The van der Waals surface area contributed by atoms with Gasteiger partial charge in [-0.25, -0.2) is 0 Å². The predicted molar refractivity (Wildman–Crippen MR) is 99.5 cm³/mol. The molecule has 156 valence electrons. The van der Waals surface area contributed by atoms with E-state index in [4.69, 9.17) is 23.7 Å². The number of carbonyl (C=O) groups is 2.